The highest BCUT2D eigenvalue weighted by molar-refractivity contribution is 5.98. The second-order valence-corrected chi connectivity index (χ2v) is 10.2. The first-order valence-electron chi connectivity index (χ1n) is 13.2. The monoisotopic (exact) mass is 537 g/mol. The van der Waals surface area contributed by atoms with Crippen LogP contribution in [0.4, 0.5) is 14.6 Å². The number of pyridine rings is 1. The molecule has 2 bridgehead atoms. The molecule has 4 heterocycles. The Labute approximate surface area is 224 Å². The number of hydrogen-bond donors (Lipinski definition) is 1. The van der Waals surface area contributed by atoms with Crippen molar-refractivity contribution in [3.8, 4) is 11.3 Å². The minimum Gasteiger partial charge on any atom is -0.373 e. The minimum absolute atomic E-state index is 0.00168. The average Bonchev–Trinajstić information content (AvgIpc) is 3.65. The molecule has 1 aliphatic carbocycles. The van der Waals surface area contributed by atoms with E-state index in [0.717, 1.165) is 44.3 Å². The summed E-state index contributed by atoms with van der Waals surface area (Å²) in [6, 6.07) is 8.19. The molecule has 3 fully saturated rings. The number of carbonyl (C=O) groups is 1. The van der Waals surface area contributed by atoms with Gasteiger partial charge in [-0.25, -0.2) is 13.8 Å². The van der Waals surface area contributed by atoms with E-state index in [9.17, 15) is 13.6 Å². The van der Waals surface area contributed by atoms with Gasteiger partial charge >= 0.3 is 6.47 Å². The van der Waals surface area contributed by atoms with Crippen LogP contribution in [0, 0.1) is 11.6 Å². The highest BCUT2D eigenvalue weighted by atomic mass is 19.1. The minimum atomic E-state index is -0.666. The molecule has 6 rings (SSSR count). The summed E-state index contributed by atoms with van der Waals surface area (Å²) in [6.45, 7) is 0.461. The molecule has 2 saturated heterocycles. The maximum atomic E-state index is 14.6. The summed E-state index contributed by atoms with van der Waals surface area (Å²) < 4.78 is 41.2. The number of ether oxygens (including phenoxy) is 1. The van der Waals surface area contributed by atoms with E-state index < -0.39 is 11.6 Å². The zero-order valence-corrected chi connectivity index (χ0v) is 21.5. The van der Waals surface area contributed by atoms with Crippen LogP contribution in [0.2, 0.25) is 0 Å². The van der Waals surface area contributed by atoms with Gasteiger partial charge < -0.3 is 24.3 Å². The predicted molar refractivity (Wildman–Crippen MR) is 138 cm³/mol. The Balaban J connectivity index is 1.16. The molecule has 2 unspecified atom stereocenters. The van der Waals surface area contributed by atoms with Gasteiger partial charge in [0.15, 0.2) is 5.84 Å². The van der Waals surface area contributed by atoms with Gasteiger partial charge in [-0.2, -0.15) is 0 Å². The number of hydrogen-bond acceptors (Lipinski definition) is 8. The van der Waals surface area contributed by atoms with Crippen LogP contribution < -0.4 is 10.2 Å². The van der Waals surface area contributed by atoms with Gasteiger partial charge in [0.05, 0.1) is 18.3 Å². The SMILES string of the molecule is CN/C(=N\OC=O)c1ccc(N2C3CCC2CC(OCc2c(-c4c(F)cccc4F)noc2C2CC2)C3)nc1. The van der Waals surface area contributed by atoms with Gasteiger partial charge in [0.2, 0.25) is 0 Å². The van der Waals surface area contributed by atoms with Crippen LogP contribution in [0.15, 0.2) is 46.2 Å². The first kappa shape index (κ1) is 25.4. The Morgan fingerprint density at radius 3 is 2.51 bits per heavy atom. The van der Waals surface area contributed by atoms with E-state index >= 15 is 0 Å². The number of nitrogens with one attached hydrogen (secondary N) is 1. The molecule has 1 saturated carbocycles. The van der Waals surface area contributed by atoms with Gasteiger partial charge in [0, 0.05) is 42.4 Å². The van der Waals surface area contributed by atoms with Gasteiger partial charge in [-0.1, -0.05) is 16.4 Å². The molecule has 2 aromatic heterocycles. The van der Waals surface area contributed by atoms with Crippen LogP contribution in [0.25, 0.3) is 11.3 Å². The Hall–Kier alpha value is -3.86. The highest BCUT2D eigenvalue weighted by Crippen LogP contribution is 2.45. The zero-order valence-electron chi connectivity index (χ0n) is 21.5. The largest absolute Gasteiger partial charge is 0.373 e. The van der Waals surface area contributed by atoms with Crippen molar-refractivity contribution in [1.29, 1.82) is 0 Å². The van der Waals surface area contributed by atoms with E-state index in [1.54, 1.807) is 13.2 Å². The summed E-state index contributed by atoms with van der Waals surface area (Å²) in [7, 11) is 1.69. The molecule has 11 heteroatoms. The quantitative estimate of drug-likeness (QED) is 0.138. The summed E-state index contributed by atoms with van der Waals surface area (Å²) in [6.07, 6.45) is 7.38. The maximum Gasteiger partial charge on any atom is 0.323 e. The van der Waals surface area contributed by atoms with Crippen molar-refractivity contribution in [1.82, 2.24) is 15.5 Å². The van der Waals surface area contributed by atoms with Crippen molar-refractivity contribution in [3.05, 3.63) is 65.1 Å². The third kappa shape index (κ3) is 4.98. The van der Waals surface area contributed by atoms with Crippen molar-refractivity contribution in [2.75, 3.05) is 11.9 Å². The Morgan fingerprint density at radius 2 is 1.90 bits per heavy atom. The number of halogens is 2. The van der Waals surface area contributed by atoms with Crippen LogP contribution in [0.1, 0.15) is 61.3 Å². The highest BCUT2D eigenvalue weighted by Gasteiger charge is 2.42. The predicted octanol–water partition coefficient (Wildman–Crippen LogP) is 4.66. The molecular weight excluding hydrogens is 508 g/mol. The molecule has 1 N–H and O–H groups in total. The summed E-state index contributed by atoms with van der Waals surface area (Å²) in [5.74, 6) is 0.863. The first-order valence-corrected chi connectivity index (χ1v) is 13.2. The Bertz CT molecular complexity index is 1340. The second kappa shape index (κ2) is 10.7. The summed E-state index contributed by atoms with van der Waals surface area (Å²) >= 11 is 0. The van der Waals surface area contributed by atoms with E-state index in [0.29, 0.717) is 22.7 Å². The van der Waals surface area contributed by atoms with E-state index in [1.807, 2.05) is 12.1 Å². The lowest BCUT2D eigenvalue weighted by atomic mass is 9.99. The molecule has 3 aliphatic rings. The van der Waals surface area contributed by atoms with Crippen LogP contribution in [-0.2, 0) is 21.0 Å². The molecule has 1 aromatic carbocycles. The number of oxime groups is 1. The van der Waals surface area contributed by atoms with Crippen LogP contribution >= 0.6 is 0 Å². The molecule has 2 atom stereocenters. The van der Waals surface area contributed by atoms with Gasteiger partial charge in [0.1, 0.15) is 28.9 Å². The number of amidine groups is 1. The first-order chi connectivity index (χ1) is 19.1. The fourth-order valence-corrected chi connectivity index (χ4v) is 5.88. The van der Waals surface area contributed by atoms with Crippen LogP contribution in [0.3, 0.4) is 0 Å². The number of aromatic nitrogens is 2. The third-order valence-electron chi connectivity index (χ3n) is 7.83. The van der Waals surface area contributed by atoms with Crippen LogP contribution in [-0.4, -0.2) is 47.7 Å². The van der Waals surface area contributed by atoms with E-state index in [4.69, 9.17) is 9.26 Å². The van der Waals surface area contributed by atoms with Gasteiger partial charge in [-0.15, -0.1) is 0 Å². The van der Waals surface area contributed by atoms with Crippen LogP contribution in [0.5, 0.6) is 0 Å². The van der Waals surface area contributed by atoms with Crippen molar-refractivity contribution >= 4 is 18.1 Å². The van der Waals surface area contributed by atoms with Crippen molar-refractivity contribution in [2.45, 2.75) is 69.2 Å². The number of nitrogens with zero attached hydrogens (tertiary/aromatic N) is 4. The maximum absolute atomic E-state index is 14.6. The second-order valence-electron chi connectivity index (χ2n) is 10.2. The molecule has 39 heavy (non-hydrogen) atoms. The van der Waals surface area contributed by atoms with Gasteiger partial charge in [0.25, 0.3) is 0 Å². The molecule has 0 spiro atoms. The molecule has 204 valence electrons. The average molecular weight is 538 g/mol. The fourth-order valence-electron chi connectivity index (χ4n) is 5.88. The lowest BCUT2D eigenvalue weighted by Crippen LogP contribution is -2.46. The lowest BCUT2D eigenvalue weighted by molar-refractivity contribution is -0.128. The number of rotatable bonds is 9. The van der Waals surface area contributed by atoms with Crippen molar-refractivity contribution < 1.29 is 27.7 Å². The molecule has 9 nitrogen and oxygen atoms in total. The van der Waals surface area contributed by atoms with E-state index in [-0.39, 0.29) is 48.4 Å². The smallest absolute Gasteiger partial charge is 0.323 e. The number of benzene rings is 1. The molecular formula is C28H29F2N5O4. The lowest BCUT2D eigenvalue weighted by Gasteiger charge is -2.39. The zero-order chi connectivity index (χ0) is 26.9. The normalized spacial score (nSPS) is 22.7. The molecule has 3 aromatic rings. The van der Waals surface area contributed by atoms with Gasteiger partial charge in [-0.05, 0) is 62.8 Å². The number of anilines is 1. The summed E-state index contributed by atoms with van der Waals surface area (Å²) in [5, 5.41) is 10.7. The standard InChI is InChI=1S/C28H29F2N5O4/c1-31-28(34-38-15-36)17-7-10-24(32-13-17)35-18-8-9-19(35)12-20(11-18)37-14-21-26(33-39-27(21)16-5-6-16)25-22(29)3-2-4-23(25)30/h2-4,7,10,13,15-16,18-20H,5-6,8-9,11-12,14H2,1H3,(H,31,34). The summed E-state index contributed by atoms with van der Waals surface area (Å²) in [4.78, 5) is 22.0. The Morgan fingerprint density at radius 1 is 1.15 bits per heavy atom. The van der Waals surface area contributed by atoms with Crippen molar-refractivity contribution in [3.63, 3.8) is 0 Å². The molecule has 2 aliphatic heterocycles. The topological polar surface area (TPSA) is 102 Å². The Kier molecular flexibility index (Phi) is 6.99. The van der Waals surface area contributed by atoms with E-state index in [2.05, 4.69) is 30.4 Å². The number of piperidine rings is 1. The van der Waals surface area contributed by atoms with Gasteiger partial charge in [-0.3, -0.25) is 4.79 Å². The van der Waals surface area contributed by atoms with Crippen molar-refractivity contribution in [2.24, 2.45) is 5.16 Å². The third-order valence-corrected chi connectivity index (χ3v) is 7.83. The number of fused-ring (bicyclic) bond motifs is 2. The fraction of sp³-hybridized carbons (Fsp3) is 0.429. The molecule has 0 radical (unpaired) electrons. The summed E-state index contributed by atoms with van der Waals surface area (Å²) in [5.41, 5.74) is 1.38. The van der Waals surface area contributed by atoms with E-state index in [1.165, 1.54) is 18.2 Å². The number of carbonyl (C=O) groups excluding carboxylic acids is 1. The molecule has 0 amide bonds.